The van der Waals surface area contributed by atoms with Gasteiger partial charge in [0.1, 0.15) is 0 Å². The minimum atomic E-state index is -0.485. The van der Waals surface area contributed by atoms with Crippen LogP contribution in [-0.4, -0.2) is 24.4 Å². The molecule has 0 aliphatic rings. The van der Waals surface area contributed by atoms with Gasteiger partial charge in [-0.1, -0.05) is 19.9 Å². The first kappa shape index (κ1) is 15.0. The molecule has 1 atom stereocenters. The maximum Gasteiger partial charge on any atom is 0.248 e. The lowest BCUT2D eigenvalue weighted by atomic mass is 10.1. The molecule has 1 aromatic rings. The van der Waals surface area contributed by atoms with Gasteiger partial charge in [0.2, 0.25) is 11.8 Å². The standard InChI is InChI=1S/C14H21N3O2/c1-9(2)10(3)17-13(18)8-16-12-6-4-5-11(7-12)14(15)19/h4-7,9-10,16H,8H2,1-3H3,(H2,15,19)(H,17,18). The molecule has 0 aliphatic heterocycles. The van der Waals surface area contributed by atoms with Gasteiger partial charge in [-0.2, -0.15) is 0 Å². The second-order valence-electron chi connectivity index (χ2n) is 4.90. The molecule has 19 heavy (non-hydrogen) atoms. The molecular weight excluding hydrogens is 242 g/mol. The molecule has 0 saturated heterocycles. The maximum absolute atomic E-state index is 11.7. The molecule has 0 saturated carbocycles. The predicted octanol–water partition coefficient (Wildman–Crippen LogP) is 1.36. The number of nitrogens with two attached hydrogens (primary N) is 1. The number of carbonyl (C=O) groups is 2. The Morgan fingerprint density at radius 2 is 1.95 bits per heavy atom. The highest BCUT2D eigenvalue weighted by Gasteiger charge is 2.10. The monoisotopic (exact) mass is 263 g/mol. The van der Waals surface area contributed by atoms with Crippen molar-refractivity contribution in [3.05, 3.63) is 29.8 Å². The second-order valence-corrected chi connectivity index (χ2v) is 4.90. The first-order valence-electron chi connectivity index (χ1n) is 6.33. The Morgan fingerprint density at radius 1 is 1.26 bits per heavy atom. The molecule has 0 spiro atoms. The SMILES string of the molecule is CC(C)C(C)NC(=O)CNc1cccc(C(N)=O)c1. The van der Waals surface area contributed by atoms with Crippen molar-refractivity contribution < 1.29 is 9.59 Å². The Labute approximate surface area is 113 Å². The summed E-state index contributed by atoms with van der Waals surface area (Å²) in [6.07, 6.45) is 0. The fraction of sp³-hybridized carbons (Fsp3) is 0.429. The maximum atomic E-state index is 11.7. The number of rotatable bonds is 6. The fourth-order valence-electron chi connectivity index (χ4n) is 1.44. The van der Waals surface area contributed by atoms with E-state index >= 15 is 0 Å². The molecule has 0 aromatic heterocycles. The Balaban J connectivity index is 2.50. The van der Waals surface area contributed by atoms with Crippen molar-refractivity contribution in [3.63, 3.8) is 0 Å². The minimum Gasteiger partial charge on any atom is -0.376 e. The lowest BCUT2D eigenvalue weighted by Gasteiger charge is -2.17. The zero-order chi connectivity index (χ0) is 14.4. The van der Waals surface area contributed by atoms with Gasteiger partial charge in [0, 0.05) is 17.3 Å². The lowest BCUT2D eigenvalue weighted by Crippen LogP contribution is -2.39. The smallest absolute Gasteiger partial charge is 0.248 e. The van der Waals surface area contributed by atoms with Gasteiger partial charge in [0.05, 0.1) is 6.54 Å². The number of amides is 2. The fourth-order valence-corrected chi connectivity index (χ4v) is 1.44. The van der Waals surface area contributed by atoms with Gasteiger partial charge >= 0.3 is 0 Å². The van der Waals surface area contributed by atoms with Gasteiger partial charge in [-0.15, -0.1) is 0 Å². The van der Waals surface area contributed by atoms with Gasteiger partial charge in [-0.05, 0) is 31.0 Å². The van der Waals surface area contributed by atoms with Crippen molar-refractivity contribution >= 4 is 17.5 Å². The van der Waals surface area contributed by atoms with E-state index in [1.165, 1.54) is 0 Å². The van der Waals surface area contributed by atoms with Crippen LogP contribution in [-0.2, 0) is 4.79 Å². The zero-order valence-corrected chi connectivity index (χ0v) is 11.6. The van der Waals surface area contributed by atoms with Crippen molar-refractivity contribution in [1.82, 2.24) is 5.32 Å². The van der Waals surface area contributed by atoms with Crippen LogP contribution in [0.5, 0.6) is 0 Å². The van der Waals surface area contributed by atoms with E-state index in [0.29, 0.717) is 17.2 Å². The van der Waals surface area contributed by atoms with Gasteiger partial charge < -0.3 is 16.4 Å². The lowest BCUT2D eigenvalue weighted by molar-refractivity contribution is -0.120. The van der Waals surface area contributed by atoms with Crippen molar-refractivity contribution in [1.29, 1.82) is 0 Å². The molecule has 0 bridgehead atoms. The first-order valence-corrected chi connectivity index (χ1v) is 6.33. The van der Waals surface area contributed by atoms with Crippen molar-refractivity contribution in [3.8, 4) is 0 Å². The van der Waals surface area contributed by atoms with Crippen molar-refractivity contribution in [2.45, 2.75) is 26.8 Å². The van der Waals surface area contributed by atoms with Crippen molar-refractivity contribution in [2.24, 2.45) is 11.7 Å². The summed E-state index contributed by atoms with van der Waals surface area (Å²) in [6.45, 7) is 6.24. The Kier molecular flexibility index (Phi) is 5.36. The highest BCUT2D eigenvalue weighted by Crippen LogP contribution is 2.09. The Hall–Kier alpha value is -2.04. The zero-order valence-electron chi connectivity index (χ0n) is 11.6. The number of benzene rings is 1. The molecule has 0 radical (unpaired) electrons. The van der Waals surface area contributed by atoms with Crippen LogP contribution in [0, 0.1) is 5.92 Å². The van der Waals surface area contributed by atoms with Crippen LogP contribution >= 0.6 is 0 Å². The highest BCUT2D eigenvalue weighted by atomic mass is 16.2. The van der Waals surface area contributed by atoms with E-state index in [4.69, 9.17) is 5.73 Å². The van der Waals surface area contributed by atoms with Crippen LogP contribution in [0.3, 0.4) is 0 Å². The number of nitrogens with one attached hydrogen (secondary N) is 2. The van der Waals surface area contributed by atoms with E-state index in [-0.39, 0.29) is 18.5 Å². The molecule has 0 heterocycles. The molecule has 2 amide bonds. The second kappa shape index (κ2) is 6.78. The van der Waals surface area contributed by atoms with Crippen LogP contribution < -0.4 is 16.4 Å². The number of carbonyl (C=O) groups excluding carboxylic acids is 2. The first-order chi connectivity index (χ1) is 8.90. The Morgan fingerprint density at radius 3 is 2.53 bits per heavy atom. The van der Waals surface area contributed by atoms with Gasteiger partial charge in [0.25, 0.3) is 0 Å². The normalized spacial score (nSPS) is 12.0. The predicted molar refractivity (Wildman–Crippen MR) is 75.9 cm³/mol. The minimum absolute atomic E-state index is 0.0781. The number of primary amides is 1. The summed E-state index contributed by atoms with van der Waals surface area (Å²) >= 11 is 0. The van der Waals surface area contributed by atoms with E-state index in [0.717, 1.165) is 0 Å². The molecular formula is C14H21N3O2. The molecule has 5 nitrogen and oxygen atoms in total. The quantitative estimate of drug-likeness (QED) is 0.724. The van der Waals surface area contributed by atoms with Crippen LogP contribution in [0.25, 0.3) is 0 Å². The third-order valence-electron chi connectivity index (χ3n) is 2.99. The summed E-state index contributed by atoms with van der Waals surface area (Å²) in [4.78, 5) is 22.7. The van der Waals surface area contributed by atoms with Gasteiger partial charge in [-0.25, -0.2) is 0 Å². The van der Waals surface area contributed by atoms with Crippen LogP contribution in [0.2, 0.25) is 0 Å². The summed E-state index contributed by atoms with van der Waals surface area (Å²) in [5.74, 6) is -0.172. The third kappa shape index (κ3) is 4.99. The van der Waals surface area contributed by atoms with Gasteiger partial charge in [-0.3, -0.25) is 9.59 Å². The van der Waals surface area contributed by atoms with Crippen LogP contribution in [0.15, 0.2) is 24.3 Å². The molecule has 1 rings (SSSR count). The molecule has 5 heteroatoms. The molecule has 0 fully saturated rings. The molecule has 1 unspecified atom stereocenters. The van der Waals surface area contributed by atoms with Crippen LogP contribution in [0.4, 0.5) is 5.69 Å². The number of hydrogen-bond donors (Lipinski definition) is 3. The summed E-state index contributed by atoms with van der Waals surface area (Å²) < 4.78 is 0. The number of hydrogen-bond acceptors (Lipinski definition) is 3. The van der Waals surface area contributed by atoms with E-state index in [1.807, 2.05) is 6.92 Å². The molecule has 0 aliphatic carbocycles. The average Bonchev–Trinajstić information content (AvgIpc) is 2.36. The average molecular weight is 263 g/mol. The molecule has 1 aromatic carbocycles. The molecule has 104 valence electrons. The largest absolute Gasteiger partial charge is 0.376 e. The summed E-state index contributed by atoms with van der Waals surface area (Å²) in [5.41, 5.74) is 6.31. The summed E-state index contributed by atoms with van der Waals surface area (Å²) in [5, 5.41) is 5.86. The number of anilines is 1. The van der Waals surface area contributed by atoms with E-state index < -0.39 is 5.91 Å². The molecule has 4 N–H and O–H groups in total. The van der Waals surface area contributed by atoms with E-state index in [2.05, 4.69) is 24.5 Å². The van der Waals surface area contributed by atoms with E-state index in [9.17, 15) is 9.59 Å². The van der Waals surface area contributed by atoms with E-state index in [1.54, 1.807) is 24.3 Å². The summed E-state index contributed by atoms with van der Waals surface area (Å²) in [7, 11) is 0. The van der Waals surface area contributed by atoms with Crippen LogP contribution in [0.1, 0.15) is 31.1 Å². The topological polar surface area (TPSA) is 84.2 Å². The third-order valence-corrected chi connectivity index (χ3v) is 2.99. The highest BCUT2D eigenvalue weighted by molar-refractivity contribution is 5.93. The summed E-state index contributed by atoms with van der Waals surface area (Å²) in [6, 6.07) is 6.89. The van der Waals surface area contributed by atoms with Gasteiger partial charge in [0.15, 0.2) is 0 Å². The Bertz CT molecular complexity index is 458. The van der Waals surface area contributed by atoms with Crippen molar-refractivity contribution in [2.75, 3.05) is 11.9 Å².